The minimum absolute atomic E-state index is 0.340. The van der Waals surface area contributed by atoms with Crippen molar-refractivity contribution in [3.05, 3.63) is 47.7 Å². The molecule has 0 saturated heterocycles. The van der Waals surface area contributed by atoms with Gasteiger partial charge in [-0.05, 0) is 36.2 Å². The van der Waals surface area contributed by atoms with Gasteiger partial charge in [0.2, 0.25) is 0 Å². The van der Waals surface area contributed by atoms with Gasteiger partial charge in [-0.1, -0.05) is 12.1 Å². The fourth-order valence-electron chi connectivity index (χ4n) is 1.66. The van der Waals surface area contributed by atoms with Crippen molar-refractivity contribution in [1.82, 2.24) is 4.98 Å². The minimum atomic E-state index is -0.340. The van der Waals surface area contributed by atoms with E-state index in [0.717, 1.165) is 16.7 Å². The maximum atomic E-state index is 11.3. The van der Waals surface area contributed by atoms with Crippen molar-refractivity contribution < 1.29 is 9.53 Å². The van der Waals surface area contributed by atoms with E-state index < -0.39 is 0 Å². The molecule has 0 amide bonds. The number of hydrogen-bond donors (Lipinski definition) is 1. The highest BCUT2D eigenvalue weighted by Gasteiger charge is 2.06. The quantitative estimate of drug-likeness (QED) is 0.821. The van der Waals surface area contributed by atoms with Crippen LogP contribution in [0.4, 0.5) is 5.82 Å². The van der Waals surface area contributed by atoms with Crippen LogP contribution in [0.25, 0.3) is 11.1 Å². The van der Waals surface area contributed by atoms with E-state index in [4.69, 9.17) is 5.73 Å². The lowest BCUT2D eigenvalue weighted by atomic mass is 10.0. The van der Waals surface area contributed by atoms with Crippen molar-refractivity contribution in [3.8, 4) is 11.1 Å². The molecule has 0 radical (unpaired) electrons. The molecule has 0 spiro atoms. The third-order valence-electron chi connectivity index (χ3n) is 2.76. The molecular formula is C14H14N2O2. The highest BCUT2D eigenvalue weighted by Crippen LogP contribution is 2.22. The molecule has 92 valence electrons. The molecule has 0 bridgehead atoms. The Morgan fingerprint density at radius 3 is 2.44 bits per heavy atom. The molecule has 2 N–H and O–H groups in total. The number of benzene rings is 1. The molecule has 1 aromatic heterocycles. The Kier molecular flexibility index (Phi) is 3.28. The van der Waals surface area contributed by atoms with Gasteiger partial charge in [0.15, 0.2) is 0 Å². The van der Waals surface area contributed by atoms with Gasteiger partial charge in [-0.3, -0.25) is 0 Å². The largest absolute Gasteiger partial charge is 0.465 e. The molecule has 0 unspecified atom stereocenters. The van der Waals surface area contributed by atoms with E-state index >= 15 is 0 Å². The topological polar surface area (TPSA) is 65.2 Å². The number of esters is 1. The summed E-state index contributed by atoms with van der Waals surface area (Å²) in [4.78, 5) is 15.4. The van der Waals surface area contributed by atoms with Crippen molar-refractivity contribution in [2.24, 2.45) is 0 Å². The summed E-state index contributed by atoms with van der Waals surface area (Å²) >= 11 is 0. The zero-order valence-corrected chi connectivity index (χ0v) is 10.3. The predicted octanol–water partition coefficient (Wildman–Crippen LogP) is 2.43. The number of hydrogen-bond acceptors (Lipinski definition) is 4. The van der Waals surface area contributed by atoms with Gasteiger partial charge < -0.3 is 10.5 Å². The third kappa shape index (κ3) is 2.32. The number of anilines is 1. The van der Waals surface area contributed by atoms with E-state index in [9.17, 15) is 4.79 Å². The summed E-state index contributed by atoms with van der Waals surface area (Å²) in [5, 5.41) is 0. The number of pyridine rings is 1. The predicted molar refractivity (Wildman–Crippen MR) is 70.2 cm³/mol. The number of aryl methyl sites for hydroxylation is 1. The average molecular weight is 242 g/mol. The van der Waals surface area contributed by atoms with Crippen molar-refractivity contribution >= 4 is 11.8 Å². The van der Waals surface area contributed by atoms with Crippen molar-refractivity contribution in [3.63, 3.8) is 0 Å². The molecule has 0 saturated carbocycles. The number of nitrogens with zero attached hydrogens (tertiary/aromatic N) is 1. The molecule has 0 aliphatic carbocycles. The van der Waals surface area contributed by atoms with Crippen molar-refractivity contribution in [2.75, 3.05) is 12.8 Å². The van der Waals surface area contributed by atoms with E-state index in [1.807, 2.05) is 25.1 Å². The molecule has 2 aromatic rings. The summed E-state index contributed by atoms with van der Waals surface area (Å²) in [6.07, 6.45) is 1.72. The van der Waals surface area contributed by atoms with Crippen LogP contribution >= 0.6 is 0 Å². The molecule has 0 aliphatic heterocycles. The second kappa shape index (κ2) is 4.87. The first kappa shape index (κ1) is 12.1. The molecule has 4 nitrogen and oxygen atoms in total. The highest BCUT2D eigenvalue weighted by atomic mass is 16.5. The lowest BCUT2D eigenvalue weighted by molar-refractivity contribution is 0.0601. The molecule has 18 heavy (non-hydrogen) atoms. The second-order valence-electron chi connectivity index (χ2n) is 4.00. The Hall–Kier alpha value is -2.36. The lowest BCUT2D eigenvalue weighted by Crippen LogP contribution is -2.00. The summed E-state index contributed by atoms with van der Waals surface area (Å²) in [5.41, 5.74) is 9.10. The van der Waals surface area contributed by atoms with Crippen LogP contribution in [-0.2, 0) is 4.74 Å². The fraction of sp³-hybridized carbons (Fsp3) is 0.143. The van der Waals surface area contributed by atoms with Gasteiger partial charge in [0, 0.05) is 11.8 Å². The summed E-state index contributed by atoms with van der Waals surface area (Å²) < 4.78 is 4.65. The highest BCUT2D eigenvalue weighted by molar-refractivity contribution is 5.89. The van der Waals surface area contributed by atoms with Gasteiger partial charge in [0.25, 0.3) is 0 Å². The first-order valence-corrected chi connectivity index (χ1v) is 5.52. The van der Waals surface area contributed by atoms with Gasteiger partial charge in [-0.25, -0.2) is 9.78 Å². The Bertz CT molecular complexity index is 577. The number of nitrogens with two attached hydrogens (primary N) is 1. The van der Waals surface area contributed by atoms with Crippen LogP contribution in [0.15, 0.2) is 36.5 Å². The van der Waals surface area contributed by atoms with E-state index in [2.05, 4.69) is 9.72 Å². The Morgan fingerprint density at radius 1 is 1.22 bits per heavy atom. The number of methoxy groups -OCH3 is 1. The minimum Gasteiger partial charge on any atom is -0.465 e. The van der Waals surface area contributed by atoms with Gasteiger partial charge in [0.1, 0.15) is 5.82 Å². The molecule has 0 aliphatic rings. The lowest BCUT2D eigenvalue weighted by Gasteiger charge is -2.05. The van der Waals surface area contributed by atoms with Crippen LogP contribution in [-0.4, -0.2) is 18.1 Å². The molecule has 1 heterocycles. The summed E-state index contributed by atoms with van der Waals surface area (Å²) in [7, 11) is 1.36. The monoisotopic (exact) mass is 242 g/mol. The van der Waals surface area contributed by atoms with Crippen LogP contribution in [0.3, 0.4) is 0 Å². The van der Waals surface area contributed by atoms with E-state index in [1.165, 1.54) is 7.11 Å². The van der Waals surface area contributed by atoms with Crippen LogP contribution in [0, 0.1) is 6.92 Å². The van der Waals surface area contributed by atoms with Crippen LogP contribution in [0.2, 0.25) is 0 Å². The zero-order valence-electron chi connectivity index (χ0n) is 10.3. The maximum absolute atomic E-state index is 11.3. The van der Waals surface area contributed by atoms with Crippen molar-refractivity contribution in [2.45, 2.75) is 6.92 Å². The average Bonchev–Trinajstić information content (AvgIpc) is 2.41. The Morgan fingerprint density at radius 2 is 1.89 bits per heavy atom. The SMILES string of the molecule is COC(=O)c1ccc(-c2cnc(N)c(C)c2)cc1. The number of ether oxygens (including phenoxy) is 1. The number of rotatable bonds is 2. The van der Waals surface area contributed by atoms with Crippen molar-refractivity contribution in [1.29, 1.82) is 0 Å². The molecule has 0 atom stereocenters. The molecular weight excluding hydrogens is 228 g/mol. The molecule has 2 rings (SSSR count). The first-order valence-electron chi connectivity index (χ1n) is 5.52. The smallest absolute Gasteiger partial charge is 0.337 e. The summed E-state index contributed by atoms with van der Waals surface area (Å²) in [6.45, 7) is 1.91. The number of nitrogen functional groups attached to an aromatic ring is 1. The van der Waals surface area contributed by atoms with E-state index in [-0.39, 0.29) is 5.97 Å². The van der Waals surface area contributed by atoms with Gasteiger partial charge in [0.05, 0.1) is 12.7 Å². The van der Waals surface area contributed by atoms with E-state index in [0.29, 0.717) is 11.4 Å². The zero-order chi connectivity index (χ0) is 13.1. The van der Waals surface area contributed by atoms with E-state index in [1.54, 1.807) is 18.3 Å². The first-order chi connectivity index (χ1) is 8.61. The standard InChI is InChI=1S/C14H14N2O2/c1-9-7-12(8-16-13(9)15)10-3-5-11(6-4-10)14(17)18-2/h3-8H,1-2H3,(H2,15,16). The normalized spacial score (nSPS) is 10.1. The van der Waals surface area contributed by atoms with Crippen LogP contribution in [0.1, 0.15) is 15.9 Å². The van der Waals surface area contributed by atoms with Gasteiger partial charge in [-0.15, -0.1) is 0 Å². The number of aromatic nitrogens is 1. The Balaban J connectivity index is 2.34. The van der Waals surface area contributed by atoms with Gasteiger partial charge >= 0.3 is 5.97 Å². The second-order valence-corrected chi connectivity index (χ2v) is 4.00. The number of carbonyl (C=O) groups is 1. The molecule has 0 fully saturated rings. The van der Waals surface area contributed by atoms with Crippen LogP contribution in [0.5, 0.6) is 0 Å². The van der Waals surface area contributed by atoms with Gasteiger partial charge in [-0.2, -0.15) is 0 Å². The Labute approximate surface area is 105 Å². The fourth-order valence-corrected chi connectivity index (χ4v) is 1.66. The summed E-state index contributed by atoms with van der Waals surface area (Å²) in [6, 6.07) is 9.15. The van der Waals surface area contributed by atoms with Crippen LogP contribution < -0.4 is 5.73 Å². The maximum Gasteiger partial charge on any atom is 0.337 e. The molecule has 4 heteroatoms. The third-order valence-corrected chi connectivity index (χ3v) is 2.76. The number of carbonyl (C=O) groups excluding carboxylic acids is 1. The summed E-state index contributed by atoms with van der Waals surface area (Å²) in [5.74, 6) is 0.193. The molecule has 1 aromatic carbocycles.